The lowest BCUT2D eigenvalue weighted by Gasteiger charge is -2.07. The maximum atomic E-state index is 11.7. The molecule has 2 rings (SSSR count). The fourth-order valence-corrected chi connectivity index (χ4v) is 1.71. The molecule has 17 heavy (non-hydrogen) atoms. The van der Waals surface area contributed by atoms with Gasteiger partial charge in [-0.25, -0.2) is 10.3 Å². The first kappa shape index (κ1) is 11.9. The number of aliphatic carboxylic acids is 1. The Bertz CT molecular complexity index is 453. The number of carbonyl (C=O) groups excluding carboxylic acids is 1. The normalized spacial score (nSPS) is 14.6. The zero-order chi connectivity index (χ0) is 12.4. The number of hydroxylamine groups is 1. The second kappa shape index (κ2) is 4.77. The van der Waals surface area contributed by atoms with Crippen molar-refractivity contribution >= 4 is 23.5 Å². The highest BCUT2D eigenvalue weighted by Crippen LogP contribution is 2.37. The molecule has 0 radical (unpaired) electrons. The fourth-order valence-electron chi connectivity index (χ4n) is 1.50. The minimum Gasteiger partial charge on any atom is -0.479 e. The van der Waals surface area contributed by atoms with Crippen molar-refractivity contribution in [2.75, 3.05) is 6.61 Å². The van der Waals surface area contributed by atoms with E-state index in [4.69, 9.17) is 16.7 Å². The van der Waals surface area contributed by atoms with Gasteiger partial charge in [0, 0.05) is 12.2 Å². The number of rotatable bonds is 5. The Balaban J connectivity index is 2.00. The van der Waals surface area contributed by atoms with E-state index in [1.54, 1.807) is 10.8 Å². The van der Waals surface area contributed by atoms with Gasteiger partial charge < -0.3 is 9.67 Å². The summed E-state index contributed by atoms with van der Waals surface area (Å²) in [6.07, 6.45) is 3.72. The summed E-state index contributed by atoms with van der Waals surface area (Å²) < 4.78 is 1.78. The summed E-state index contributed by atoms with van der Waals surface area (Å²) in [5, 5.41) is 8.82. The van der Waals surface area contributed by atoms with Crippen LogP contribution in [0.2, 0.25) is 5.02 Å². The number of carboxylic acids is 1. The van der Waals surface area contributed by atoms with Crippen LogP contribution in [0.1, 0.15) is 29.4 Å². The van der Waals surface area contributed by atoms with Gasteiger partial charge in [-0.2, -0.15) is 0 Å². The number of halogens is 1. The predicted octanol–water partition coefficient (Wildman–Crippen LogP) is 1.22. The highest BCUT2D eigenvalue weighted by Gasteiger charge is 2.27. The summed E-state index contributed by atoms with van der Waals surface area (Å²) in [6, 6.07) is 1.84. The molecule has 0 bridgehead atoms. The van der Waals surface area contributed by atoms with Crippen molar-refractivity contribution < 1.29 is 19.5 Å². The van der Waals surface area contributed by atoms with Gasteiger partial charge >= 0.3 is 5.97 Å². The van der Waals surface area contributed by atoms with Crippen LogP contribution in [-0.4, -0.2) is 28.2 Å². The first-order valence-corrected chi connectivity index (χ1v) is 5.47. The fraction of sp³-hybridized carbons (Fsp3) is 0.400. The van der Waals surface area contributed by atoms with E-state index >= 15 is 0 Å². The molecule has 1 aliphatic carbocycles. The van der Waals surface area contributed by atoms with Gasteiger partial charge in [0.25, 0.3) is 5.91 Å². The van der Waals surface area contributed by atoms with E-state index in [1.165, 1.54) is 6.07 Å². The van der Waals surface area contributed by atoms with E-state index in [1.807, 2.05) is 0 Å². The van der Waals surface area contributed by atoms with Crippen LogP contribution in [0, 0.1) is 0 Å². The van der Waals surface area contributed by atoms with Crippen LogP contribution in [0.5, 0.6) is 0 Å². The monoisotopic (exact) mass is 258 g/mol. The molecule has 1 fully saturated rings. The van der Waals surface area contributed by atoms with Crippen LogP contribution in [-0.2, 0) is 9.63 Å². The van der Waals surface area contributed by atoms with Crippen molar-refractivity contribution in [1.82, 2.24) is 10.0 Å². The zero-order valence-corrected chi connectivity index (χ0v) is 9.61. The van der Waals surface area contributed by atoms with Gasteiger partial charge in [0.2, 0.25) is 0 Å². The van der Waals surface area contributed by atoms with E-state index in [2.05, 4.69) is 10.3 Å². The van der Waals surface area contributed by atoms with Gasteiger partial charge in [0.05, 0.1) is 5.02 Å². The predicted molar refractivity (Wildman–Crippen MR) is 58.8 cm³/mol. The second-order valence-electron chi connectivity index (χ2n) is 3.80. The molecule has 7 heteroatoms. The standard InChI is InChI=1S/C10H11ClN2O4/c11-6-3-8(13(4-6)7-1-2-7)10(16)12-17-5-9(14)15/h3-4,7H,1-2,5H2,(H,12,16)(H,14,15). The lowest BCUT2D eigenvalue weighted by atomic mass is 10.4. The molecule has 0 atom stereocenters. The summed E-state index contributed by atoms with van der Waals surface area (Å²) in [6.45, 7) is -0.580. The molecule has 6 nitrogen and oxygen atoms in total. The third-order valence-corrected chi connectivity index (χ3v) is 2.56. The van der Waals surface area contributed by atoms with Crippen LogP contribution in [0.3, 0.4) is 0 Å². The highest BCUT2D eigenvalue weighted by atomic mass is 35.5. The van der Waals surface area contributed by atoms with Crippen molar-refractivity contribution in [2.24, 2.45) is 0 Å². The summed E-state index contributed by atoms with van der Waals surface area (Å²) >= 11 is 5.83. The number of carbonyl (C=O) groups is 2. The SMILES string of the molecule is O=C(O)CONC(=O)c1cc(Cl)cn1C1CC1. The maximum absolute atomic E-state index is 11.7. The van der Waals surface area contributed by atoms with Crippen molar-refractivity contribution in [3.8, 4) is 0 Å². The minimum atomic E-state index is -1.15. The number of carboxylic acid groups (broad SMARTS) is 1. The van der Waals surface area contributed by atoms with Crippen molar-refractivity contribution in [2.45, 2.75) is 18.9 Å². The number of nitrogens with one attached hydrogen (secondary N) is 1. The third kappa shape index (κ3) is 2.98. The summed E-state index contributed by atoms with van der Waals surface area (Å²) in [4.78, 5) is 26.4. The van der Waals surface area contributed by atoms with Crippen molar-refractivity contribution in [3.05, 3.63) is 23.0 Å². The topological polar surface area (TPSA) is 80.6 Å². The van der Waals surface area contributed by atoms with Crippen molar-refractivity contribution in [1.29, 1.82) is 0 Å². The Morgan fingerprint density at radius 2 is 2.29 bits per heavy atom. The summed E-state index contributed by atoms with van der Waals surface area (Å²) in [7, 11) is 0. The molecule has 2 N–H and O–H groups in total. The maximum Gasteiger partial charge on any atom is 0.332 e. The molecule has 92 valence electrons. The molecule has 1 amide bonds. The van der Waals surface area contributed by atoms with Gasteiger partial charge in [0.15, 0.2) is 6.61 Å². The number of hydrogen-bond acceptors (Lipinski definition) is 3. The van der Waals surface area contributed by atoms with Crippen LogP contribution in [0.15, 0.2) is 12.3 Å². The lowest BCUT2D eigenvalue weighted by Crippen LogP contribution is -2.28. The number of hydrogen-bond donors (Lipinski definition) is 2. The number of nitrogens with zero attached hydrogens (tertiary/aromatic N) is 1. The Hall–Kier alpha value is -1.53. The Labute approximate surface area is 102 Å². The van der Waals surface area contributed by atoms with Gasteiger partial charge in [-0.1, -0.05) is 11.6 Å². The smallest absolute Gasteiger partial charge is 0.332 e. The molecule has 0 unspecified atom stereocenters. The van der Waals surface area contributed by atoms with Crippen LogP contribution in [0.25, 0.3) is 0 Å². The van der Waals surface area contributed by atoms with Crippen LogP contribution in [0.4, 0.5) is 0 Å². The van der Waals surface area contributed by atoms with Gasteiger partial charge in [-0.3, -0.25) is 9.63 Å². The second-order valence-corrected chi connectivity index (χ2v) is 4.23. The van der Waals surface area contributed by atoms with Gasteiger partial charge in [0.1, 0.15) is 5.69 Å². The number of aromatic nitrogens is 1. The van der Waals surface area contributed by atoms with Crippen LogP contribution >= 0.6 is 11.6 Å². The Kier molecular flexibility index (Phi) is 3.35. The summed E-state index contributed by atoms with van der Waals surface area (Å²) in [5.41, 5.74) is 2.45. The molecule has 1 aromatic rings. The molecular weight excluding hydrogens is 248 g/mol. The van der Waals surface area contributed by atoms with E-state index in [-0.39, 0.29) is 0 Å². The molecule has 0 spiro atoms. The molecular formula is C10H11ClN2O4. The summed E-state index contributed by atoms with van der Waals surface area (Å²) in [5.74, 6) is -1.65. The van der Waals surface area contributed by atoms with E-state index < -0.39 is 18.5 Å². The van der Waals surface area contributed by atoms with Gasteiger partial charge in [-0.05, 0) is 18.9 Å². The average Bonchev–Trinajstić information content (AvgIpc) is 3.01. The van der Waals surface area contributed by atoms with Gasteiger partial charge in [-0.15, -0.1) is 0 Å². The molecule has 1 aromatic heterocycles. The molecule has 1 aliphatic rings. The van der Waals surface area contributed by atoms with Crippen LogP contribution < -0.4 is 5.48 Å². The minimum absolute atomic E-state index is 0.308. The third-order valence-electron chi connectivity index (χ3n) is 2.35. The lowest BCUT2D eigenvalue weighted by molar-refractivity contribution is -0.144. The molecule has 1 saturated carbocycles. The molecule has 0 saturated heterocycles. The zero-order valence-electron chi connectivity index (χ0n) is 8.85. The highest BCUT2D eigenvalue weighted by molar-refractivity contribution is 6.31. The molecule has 0 aliphatic heterocycles. The number of amides is 1. The quantitative estimate of drug-likeness (QED) is 0.778. The van der Waals surface area contributed by atoms with E-state index in [0.29, 0.717) is 16.8 Å². The Morgan fingerprint density at radius 3 is 2.88 bits per heavy atom. The first-order valence-electron chi connectivity index (χ1n) is 5.09. The first-order chi connectivity index (χ1) is 8.08. The average molecular weight is 259 g/mol. The van der Waals surface area contributed by atoms with Crippen molar-refractivity contribution in [3.63, 3.8) is 0 Å². The largest absolute Gasteiger partial charge is 0.479 e. The molecule has 0 aromatic carbocycles. The Morgan fingerprint density at radius 1 is 1.59 bits per heavy atom. The van der Waals surface area contributed by atoms with E-state index in [9.17, 15) is 9.59 Å². The molecule has 1 heterocycles. The van der Waals surface area contributed by atoms with E-state index in [0.717, 1.165) is 12.8 Å².